The molecule has 162 valence electrons. The monoisotopic (exact) mass is 412 g/mol. The minimum absolute atomic E-state index is 0.00612. The van der Waals surface area contributed by atoms with E-state index in [0.29, 0.717) is 31.3 Å². The molecule has 0 aliphatic heterocycles. The van der Waals surface area contributed by atoms with Crippen molar-refractivity contribution in [1.82, 2.24) is 10.2 Å². The number of aliphatic imine (C=N–C) groups is 1. The molecule has 0 radical (unpaired) electrons. The number of nitrogens with one attached hydrogen (secondary N) is 2. The fraction of sp³-hybridized carbons (Fsp3) is 0.391. The predicted molar refractivity (Wildman–Crippen MR) is 122 cm³/mol. The van der Waals surface area contributed by atoms with Crippen molar-refractivity contribution >= 4 is 17.6 Å². The molecular weight excluding hydrogens is 380 g/mol. The smallest absolute Gasteiger partial charge is 0.253 e. The van der Waals surface area contributed by atoms with E-state index in [1.807, 2.05) is 48.5 Å². The van der Waals surface area contributed by atoms with E-state index in [2.05, 4.69) is 15.6 Å². The quantitative estimate of drug-likeness (QED) is 0.356. The second-order valence-corrected chi connectivity index (χ2v) is 7.00. The molecule has 30 heavy (non-hydrogen) atoms. The highest BCUT2D eigenvalue weighted by atomic mass is 16.5. The Bertz CT molecular complexity index is 837. The van der Waals surface area contributed by atoms with Crippen molar-refractivity contribution in [3.05, 3.63) is 59.7 Å². The highest BCUT2D eigenvalue weighted by molar-refractivity contribution is 5.94. The van der Waals surface area contributed by atoms with Crippen LogP contribution in [0.5, 0.6) is 5.75 Å². The molecule has 0 aliphatic rings. The number of anilines is 1. The fourth-order valence-corrected chi connectivity index (χ4v) is 2.82. The molecule has 1 amide bonds. The highest BCUT2D eigenvalue weighted by Crippen LogP contribution is 2.17. The lowest BCUT2D eigenvalue weighted by molar-refractivity contribution is 0.0827. The molecule has 0 unspecified atom stereocenters. The Morgan fingerprint density at radius 3 is 2.63 bits per heavy atom. The molecule has 2 aromatic carbocycles. The average molecular weight is 413 g/mol. The highest BCUT2D eigenvalue weighted by Gasteiger charge is 2.08. The number of carbonyl (C=O) groups excluding carboxylic acids is 1. The minimum Gasteiger partial charge on any atom is -0.493 e. The van der Waals surface area contributed by atoms with Gasteiger partial charge in [-0.15, -0.1) is 0 Å². The summed E-state index contributed by atoms with van der Waals surface area (Å²) in [5, 5.41) is 6.58. The number of guanidine groups is 1. The summed E-state index contributed by atoms with van der Waals surface area (Å²) in [6.45, 7) is 1.98. The lowest BCUT2D eigenvalue weighted by Gasteiger charge is -2.14. The van der Waals surface area contributed by atoms with Gasteiger partial charge in [-0.1, -0.05) is 18.2 Å². The first-order chi connectivity index (χ1) is 14.5. The summed E-state index contributed by atoms with van der Waals surface area (Å²) in [6.07, 6.45) is 1.62. The standard InChI is InChI=1S/C23H32N4O3/c1-24-23(26-20-10-6-11-21(17-20)30-15-7-14-29-4)25-13-12-18-8-5-9-19(16-18)22(28)27(2)3/h5-6,8-11,16-17H,7,12-15H2,1-4H3,(H2,24,25,26). The van der Waals surface area contributed by atoms with E-state index < -0.39 is 0 Å². The van der Waals surface area contributed by atoms with Crippen LogP contribution in [0, 0.1) is 0 Å². The van der Waals surface area contributed by atoms with Crippen molar-refractivity contribution in [3.63, 3.8) is 0 Å². The van der Waals surface area contributed by atoms with Crippen LogP contribution in [-0.2, 0) is 11.2 Å². The molecule has 0 spiro atoms. The number of rotatable bonds is 10. The molecular formula is C23H32N4O3. The van der Waals surface area contributed by atoms with Crippen LogP contribution in [0.2, 0.25) is 0 Å². The Labute approximate surface area is 179 Å². The Morgan fingerprint density at radius 2 is 1.90 bits per heavy atom. The fourth-order valence-electron chi connectivity index (χ4n) is 2.82. The first-order valence-corrected chi connectivity index (χ1v) is 10.0. The van der Waals surface area contributed by atoms with Gasteiger partial charge in [0.05, 0.1) is 6.61 Å². The molecule has 0 aromatic heterocycles. The summed E-state index contributed by atoms with van der Waals surface area (Å²) in [7, 11) is 6.93. The Kier molecular flexibility index (Phi) is 9.67. The summed E-state index contributed by atoms with van der Waals surface area (Å²) in [4.78, 5) is 18.0. The maximum Gasteiger partial charge on any atom is 0.253 e. The lowest BCUT2D eigenvalue weighted by Crippen LogP contribution is -2.32. The van der Waals surface area contributed by atoms with Gasteiger partial charge < -0.3 is 25.0 Å². The van der Waals surface area contributed by atoms with E-state index in [1.165, 1.54) is 0 Å². The molecule has 0 heterocycles. The third-order valence-corrected chi connectivity index (χ3v) is 4.37. The third kappa shape index (κ3) is 7.75. The van der Waals surface area contributed by atoms with Crippen molar-refractivity contribution < 1.29 is 14.3 Å². The zero-order valence-electron chi connectivity index (χ0n) is 18.3. The van der Waals surface area contributed by atoms with Crippen LogP contribution < -0.4 is 15.4 Å². The van der Waals surface area contributed by atoms with Gasteiger partial charge in [-0.3, -0.25) is 9.79 Å². The van der Waals surface area contributed by atoms with Crippen LogP contribution in [0.3, 0.4) is 0 Å². The largest absolute Gasteiger partial charge is 0.493 e. The van der Waals surface area contributed by atoms with Gasteiger partial charge in [-0.05, 0) is 36.2 Å². The molecule has 7 nitrogen and oxygen atoms in total. The zero-order chi connectivity index (χ0) is 21.8. The van der Waals surface area contributed by atoms with Gasteiger partial charge in [0.15, 0.2) is 5.96 Å². The summed E-state index contributed by atoms with van der Waals surface area (Å²) >= 11 is 0. The summed E-state index contributed by atoms with van der Waals surface area (Å²) < 4.78 is 10.8. The van der Waals surface area contributed by atoms with Crippen molar-refractivity contribution in [1.29, 1.82) is 0 Å². The molecule has 2 aromatic rings. The van der Waals surface area contributed by atoms with E-state index in [9.17, 15) is 4.79 Å². The van der Waals surface area contributed by atoms with Crippen LogP contribution in [0.4, 0.5) is 5.69 Å². The van der Waals surface area contributed by atoms with Crippen molar-refractivity contribution in [2.45, 2.75) is 12.8 Å². The molecule has 0 fully saturated rings. The van der Waals surface area contributed by atoms with E-state index in [1.54, 1.807) is 33.2 Å². The average Bonchev–Trinajstić information content (AvgIpc) is 2.76. The number of benzene rings is 2. The molecule has 0 saturated carbocycles. The summed E-state index contributed by atoms with van der Waals surface area (Å²) in [6, 6.07) is 15.5. The predicted octanol–water partition coefficient (Wildman–Crippen LogP) is 3.03. The van der Waals surface area contributed by atoms with Crippen molar-refractivity contribution in [2.24, 2.45) is 4.99 Å². The minimum atomic E-state index is 0.00612. The number of methoxy groups -OCH3 is 1. The zero-order valence-corrected chi connectivity index (χ0v) is 18.3. The van der Waals surface area contributed by atoms with Crippen LogP contribution in [0.25, 0.3) is 0 Å². The number of amides is 1. The SMILES string of the molecule is CN=C(NCCc1cccc(C(=O)N(C)C)c1)Nc1cccc(OCCCOC)c1. The molecule has 7 heteroatoms. The van der Waals surface area contributed by atoms with E-state index >= 15 is 0 Å². The summed E-state index contributed by atoms with van der Waals surface area (Å²) in [5.41, 5.74) is 2.69. The van der Waals surface area contributed by atoms with Gasteiger partial charge >= 0.3 is 0 Å². The molecule has 2 rings (SSSR count). The Balaban J connectivity index is 1.85. The lowest BCUT2D eigenvalue weighted by atomic mass is 10.1. The molecule has 0 atom stereocenters. The van der Waals surface area contributed by atoms with Crippen molar-refractivity contribution in [3.8, 4) is 5.75 Å². The molecule has 0 saturated heterocycles. The van der Waals surface area contributed by atoms with Gasteiger partial charge in [0.25, 0.3) is 5.91 Å². The summed E-state index contributed by atoms with van der Waals surface area (Å²) in [5.74, 6) is 1.48. The van der Waals surface area contributed by atoms with Crippen LogP contribution >= 0.6 is 0 Å². The van der Waals surface area contributed by atoms with Crippen molar-refractivity contribution in [2.75, 3.05) is 53.3 Å². The molecule has 0 bridgehead atoms. The number of nitrogens with zero attached hydrogens (tertiary/aromatic N) is 2. The van der Waals surface area contributed by atoms with Crippen LogP contribution in [-0.4, -0.2) is 64.8 Å². The van der Waals surface area contributed by atoms with Gasteiger partial charge in [0.2, 0.25) is 0 Å². The number of ether oxygens (including phenoxy) is 2. The maximum atomic E-state index is 12.1. The molecule has 2 N–H and O–H groups in total. The number of hydrogen-bond donors (Lipinski definition) is 2. The van der Waals surface area contributed by atoms with Gasteiger partial charge in [-0.2, -0.15) is 0 Å². The second-order valence-electron chi connectivity index (χ2n) is 7.00. The van der Waals surface area contributed by atoms with E-state index in [0.717, 1.165) is 29.8 Å². The maximum absolute atomic E-state index is 12.1. The second kappa shape index (κ2) is 12.5. The normalized spacial score (nSPS) is 11.1. The van der Waals surface area contributed by atoms with Gasteiger partial charge in [-0.25, -0.2) is 0 Å². The number of carbonyl (C=O) groups is 1. The first kappa shape index (κ1) is 23.2. The molecule has 0 aliphatic carbocycles. The Morgan fingerprint density at radius 1 is 1.10 bits per heavy atom. The number of hydrogen-bond acceptors (Lipinski definition) is 4. The van der Waals surface area contributed by atoms with Crippen LogP contribution in [0.15, 0.2) is 53.5 Å². The first-order valence-electron chi connectivity index (χ1n) is 10.0. The van der Waals surface area contributed by atoms with Gasteiger partial charge in [0.1, 0.15) is 5.75 Å². The van der Waals surface area contributed by atoms with E-state index in [4.69, 9.17) is 9.47 Å². The van der Waals surface area contributed by atoms with Crippen LogP contribution in [0.1, 0.15) is 22.3 Å². The Hall–Kier alpha value is -3.06. The third-order valence-electron chi connectivity index (χ3n) is 4.37. The van der Waals surface area contributed by atoms with Gasteiger partial charge in [0, 0.05) is 65.1 Å². The topological polar surface area (TPSA) is 75.2 Å². The van der Waals surface area contributed by atoms with E-state index in [-0.39, 0.29) is 5.91 Å².